The molecule has 0 bridgehead atoms. The number of nitrogens with one attached hydrogen (secondary N) is 1. The van der Waals surface area contributed by atoms with Crippen molar-refractivity contribution in [2.45, 2.75) is 104 Å². The standard InChI is InChI=1S/C17H34O2.C7H6N2/c1-4-5-6-7-8-9-10-11-12-13-14-15-17(18)19-16(2)3;1-2-4-7-6(3-1)8-5-9-7/h16H,4-15H2,1-3H3;1-5H,(H,8,9). The average Bonchev–Trinajstić information content (AvgIpc) is 3.15. The van der Waals surface area contributed by atoms with Gasteiger partial charge in [0, 0.05) is 6.42 Å². The monoisotopic (exact) mass is 388 g/mol. The number of hydrogen-bond donors (Lipinski definition) is 1. The van der Waals surface area contributed by atoms with Crippen LogP contribution < -0.4 is 0 Å². The molecule has 2 rings (SSSR count). The zero-order valence-corrected chi connectivity index (χ0v) is 18.2. The van der Waals surface area contributed by atoms with E-state index in [2.05, 4.69) is 16.9 Å². The largest absolute Gasteiger partial charge is 0.463 e. The number of ether oxygens (including phenoxy) is 1. The molecule has 0 atom stereocenters. The fourth-order valence-electron chi connectivity index (χ4n) is 3.13. The summed E-state index contributed by atoms with van der Waals surface area (Å²) in [5.74, 6) is -0.0362. The highest BCUT2D eigenvalue weighted by atomic mass is 16.5. The molecule has 1 aromatic carbocycles. The molecule has 0 unspecified atom stereocenters. The quantitative estimate of drug-likeness (QED) is 0.291. The molecule has 4 nitrogen and oxygen atoms in total. The van der Waals surface area contributed by atoms with Crippen molar-refractivity contribution in [1.29, 1.82) is 0 Å². The first-order chi connectivity index (χ1) is 13.6. The van der Waals surface area contributed by atoms with E-state index in [0.717, 1.165) is 17.5 Å². The second kappa shape index (κ2) is 16.1. The Morgan fingerprint density at radius 3 is 2.07 bits per heavy atom. The first-order valence-electron chi connectivity index (χ1n) is 11.2. The molecule has 1 heterocycles. The number of aromatic amines is 1. The van der Waals surface area contributed by atoms with Gasteiger partial charge in [0.05, 0.1) is 23.5 Å². The molecule has 1 aromatic heterocycles. The first kappa shape index (κ1) is 24.2. The van der Waals surface area contributed by atoms with Gasteiger partial charge in [0.2, 0.25) is 0 Å². The fraction of sp³-hybridized carbons (Fsp3) is 0.667. The highest BCUT2D eigenvalue weighted by Crippen LogP contribution is 2.12. The third-order valence-electron chi connectivity index (χ3n) is 4.68. The smallest absolute Gasteiger partial charge is 0.306 e. The van der Waals surface area contributed by atoms with E-state index in [9.17, 15) is 4.79 Å². The number of unbranched alkanes of at least 4 members (excludes halogenated alkanes) is 10. The molecule has 4 heteroatoms. The van der Waals surface area contributed by atoms with E-state index in [-0.39, 0.29) is 12.1 Å². The summed E-state index contributed by atoms with van der Waals surface area (Å²) < 4.78 is 5.10. The topological polar surface area (TPSA) is 55.0 Å². The summed E-state index contributed by atoms with van der Waals surface area (Å²) in [6.07, 6.45) is 16.8. The number of H-pyrrole nitrogens is 1. The summed E-state index contributed by atoms with van der Waals surface area (Å²) in [7, 11) is 0. The molecule has 0 radical (unpaired) electrons. The lowest BCUT2D eigenvalue weighted by Gasteiger charge is -2.07. The van der Waals surface area contributed by atoms with Gasteiger partial charge in [-0.3, -0.25) is 4.79 Å². The van der Waals surface area contributed by atoms with Crippen LogP contribution in [0.5, 0.6) is 0 Å². The van der Waals surface area contributed by atoms with Gasteiger partial charge < -0.3 is 9.72 Å². The van der Waals surface area contributed by atoms with Crippen LogP contribution in [0, 0.1) is 0 Å². The molecule has 0 amide bonds. The molecule has 0 aliphatic heterocycles. The summed E-state index contributed by atoms with van der Waals surface area (Å²) >= 11 is 0. The van der Waals surface area contributed by atoms with Gasteiger partial charge in [-0.2, -0.15) is 0 Å². The molecule has 0 saturated heterocycles. The number of nitrogens with zero attached hydrogens (tertiary/aromatic N) is 1. The van der Waals surface area contributed by atoms with Crippen LogP contribution in [-0.4, -0.2) is 22.0 Å². The Hall–Kier alpha value is -1.84. The van der Waals surface area contributed by atoms with Crippen molar-refractivity contribution in [3.05, 3.63) is 30.6 Å². The zero-order valence-electron chi connectivity index (χ0n) is 18.2. The van der Waals surface area contributed by atoms with Crippen LogP contribution in [-0.2, 0) is 9.53 Å². The average molecular weight is 389 g/mol. The highest BCUT2D eigenvalue weighted by molar-refractivity contribution is 5.73. The van der Waals surface area contributed by atoms with Crippen molar-refractivity contribution in [3.63, 3.8) is 0 Å². The summed E-state index contributed by atoms with van der Waals surface area (Å²) in [6.45, 7) is 6.06. The normalized spacial score (nSPS) is 10.7. The maximum absolute atomic E-state index is 11.3. The van der Waals surface area contributed by atoms with E-state index in [4.69, 9.17) is 4.74 Å². The molecule has 0 fully saturated rings. The SMILES string of the molecule is CCCCCCCCCCCCCC(=O)OC(C)C.c1ccc2[nH]cnc2c1. The fourth-order valence-corrected chi connectivity index (χ4v) is 3.13. The van der Waals surface area contributed by atoms with E-state index < -0.39 is 0 Å². The van der Waals surface area contributed by atoms with Gasteiger partial charge >= 0.3 is 5.97 Å². The molecule has 0 saturated carbocycles. The Labute approximate surface area is 171 Å². The number of aromatic nitrogens is 2. The minimum absolute atomic E-state index is 0.0280. The van der Waals surface area contributed by atoms with Crippen LogP contribution in [0.25, 0.3) is 11.0 Å². The number of hydrogen-bond acceptors (Lipinski definition) is 3. The molecular formula is C24H40N2O2. The van der Waals surface area contributed by atoms with E-state index >= 15 is 0 Å². The Kier molecular flexibility index (Phi) is 14.0. The molecule has 0 spiro atoms. The Balaban J connectivity index is 0.000000354. The van der Waals surface area contributed by atoms with Gasteiger partial charge in [-0.25, -0.2) is 4.98 Å². The van der Waals surface area contributed by atoms with Gasteiger partial charge in [0.25, 0.3) is 0 Å². The summed E-state index contributed by atoms with van der Waals surface area (Å²) in [6, 6.07) is 7.94. The number of carbonyl (C=O) groups is 1. The van der Waals surface area contributed by atoms with Gasteiger partial charge in [0.1, 0.15) is 0 Å². The molecule has 0 aliphatic carbocycles. The molecule has 1 N–H and O–H groups in total. The third kappa shape index (κ3) is 12.5. The van der Waals surface area contributed by atoms with Crippen LogP contribution in [0.3, 0.4) is 0 Å². The highest BCUT2D eigenvalue weighted by Gasteiger charge is 2.04. The van der Waals surface area contributed by atoms with Gasteiger partial charge in [-0.1, -0.05) is 83.3 Å². The predicted octanol–water partition coefficient (Wildman–Crippen LogP) is 7.20. The van der Waals surface area contributed by atoms with Crippen LogP contribution in [0.1, 0.15) is 97.8 Å². The maximum atomic E-state index is 11.3. The van der Waals surface area contributed by atoms with Crippen LogP contribution >= 0.6 is 0 Å². The zero-order chi connectivity index (χ0) is 20.5. The Morgan fingerprint density at radius 1 is 0.929 bits per heavy atom. The second-order valence-electron chi connectivity index (χ2n) is 7.74. The molecular weight excluding hydrogens is 348 g/mol. The second-order valence-corrected chi connectivity index (χ2v) is 7.74. The van der Waals surface area contributed by atoms with Crippen LogP contribution in [0.4, 0.5) is 0 Å². The van der Waals surface area contributed by atoms with E-state index in [1.807, 2.05) is 38.1 Å². The van der Waals surface area contributed by atoms with E-state index in [0.29, 0.717) is 6.42 Å². The lowest BCUT2D eigenvalue weighted by molar-refractivity contribution is -0.147. The van der Waals surface area contributed by atoms with Crippen molar-refractivity contribution in [2.75, 3.05) is 0 Å². The summed E-state index contributed by atoms with van der Waals surface area (Å²) in [5, 5.41) is 0. The van der Waals surface area contributed by atoms with Crippen molar-refractivity contribution < 1.29 is 9.53 Å². The number of rotatable bonds is 13. The number of esters is 1. The van der Waals surface area contributed by atoms with Gasteiger partial charge in [-0.15, -0.1) is 0 Å². The molecule has 158 valence electrons. The molecule has 28 heavy (non-hydrogen) atoms. The van der Waals surface area contributed by atoms with Gasteiger partial charge in [-0.05, 0) is 32.4 Å². The maximum Gasteiger partial charge on any atom is 0.306 e. The Morgan fingerprint density at radius 2 is 1.50 bits per heavy atom. The minimum Gasteiger partial charge on any atom is -0.463 e. The third-order valence-corrected chi connectivity index (χ3v) is 4.68. The van der Waals surface area contributed by atoms with Crippen molar-refractivity contribution in [2.24, 2.45) is 0 Å². The van der Waals surface area contributed by atoms with Crippen LogP contribution in [0.15, 0.2) is 30.6 Å². The number of carbonyl (C=O) groups excluding carboxylic acids is 1. The molecule has 2 aromatic rings. The lowest BCUT2D eigenvalue weighted by Crippen LogP contribution is -2.10. The summed E-state index contributed by atoms with van der Waals surface area (Å²) in [5.41, 5.74) is 2.12. The summed E-state index contributed by atoms with van der Waals surface area (Å²) in [4.78, 5) is 18.4. The van der Waals surface area contributed by atoms with Crippen molar-refractivity contribution in [1.82, 2.24) is 9.97 Å². The Bertz CT molecular complexity index is 592. The number of fused-ring (bicyclic) bond motifs is 1. The van der Waals surface area contributed by atoms with Crippen molar-refractivity contribution in [3.8, 4) is 0 Å². The number of para-hydroxylation sites is 2. The van der Waals surface area contributed by atoms with E-state index in [1.54, 1.807) is 6.33 Å². The van der Waals surface area contributed by atoms with Gasteiger partial charge in [0.15, 0.2) is 0 Å². The van der Waals surface area contributed by atoms with Crippen molar-refractivity contribution >= 4 is 17.0 Å². The number of benzene rings is 1. The predicted molar refractivity (Wildman–Crippen MR) is 118 cm³/mol. The first-order valence-corrected chi connectivity index (χ1v) is 11.2. The lowest BCUT2D eigenvalue weighted by atomic mass is 10.1. The molecule has 0 aliphatic rings. The number of imidazole rings is 1. The minimum atomic E-state index is -0.0362. The van der Waals surface area contributed by atoms with Crippen LogP contribution in [0.2, 0.25) is 0 Å². The van der Waals surface area contributed by atoms with E-state index in [1.165, 1.54) is 64.2 Å².